The van der Waals surface area contributed by atoms with Gasteiger partial charge in [-0.3, -0.25) is 9.69 Å². The normalized spacial score (nSPS) is 16.9. The Bertz CT molecular complexity index is 217. The van der Waals surface area contributed by atoms with Gasteiger partial charge in [0.2, 0.25) is 5.91 Å². The zero-order valence-corrected chi connectivity index (χ0v) is 8.28. The summed E-state index contributed by atoms with van der Waals surface area (Å²) in [5.74, 6) is -0.0247. The highest BCUT2D eigenvalue weighted by Gasteiger charge is 2.19. The van der Waals surface area contributed by atoms with Crippen molar-refractivity contribution in [2.45, 2.75) is 25.3 Å². The number of amides is 1. The number of carbonyl (C=O) groups is 1. The van der Waals surface area contributed by atoms with Crippen molar-refractivity contribution in [3.05, 3.63) is 12.4 Å². The van der Waals surface area contributed by atoms with Crippen molar-refractivity contribution < 1.29 is 4.79 Å². The first-order chi connectivity index (χ1) is 6.75. The van der Waals surface area contributed by atoms with Crippen LogP contribution in [0.15, 0.2) is 12.4 Å². The summed E-state index contributed by atoms with van der Waals surface area (Å²) in [6, 6.07) is -0.397. The van der Waals surface area contributed by atoms with E-state index in [1.54, 1.807) is 17.3 Å². The Morgan fingerprint density at radius 1 is 1.57 bits per heavy atom. The van der Waals surface area contributed by atoms with Crippen LogP contribution < -0.4 is 16.8 Å². The standard InChI is InChI=1S/C9H18N4O/c10-4-2-1-3-8(11)9(14)13-6-5-12-7-13/h5-6,8,12H,1-4,7,10-11H2/t8-/m0/s1. The van der Waals surface area contributed by atoms with Crippen LogP contribution in [0.25, 0.3) is 0 Å². The second-order valence-electron chi connectivity index (χ2n) is 3.38. The van der Waals surface area contributed by atoms with Crippen LogP contribution in [0.1, 0.15) is 19.3 Å². The first-order valence-electron chi connectivity index (χ1n) is 4.92. The highest BCUT2D eigenvalue weighted by Crippen LogP contribution is 2.04. The van der Waals surface area contributed by atoms with Gasteiger partial charge in [-0.15, -0.1) is 0 Å². The van der Waals surface area contributed by atoms with E-state index >= 15 is 0 Å². The highest BCUT2D eigenvalue weighted by molar-refractivity contribution is 5.82. The van der Waals surface area contributed by atoms with E-state index in [0.717, 1.165) is 12.8 Å². The summed E-state index contributed by atoms with van der Waals surface area (Å²) in [4.78, 5) is 13.2. The lowest BCUT2D eigenvalue weighted by molar-refractivity contribution is -0.129. The maximum absolute atomic E-state index is 11.6. The minimum Gasteiger partial charge on any atom is -0.372 e. The van der Waals surface area contributed by atoms with E-state index < -0.39 is 6.04 Å². The van der Waals surface area contributed by atoms with Crippen molar-refractivity contribution >= 4 is 5.91 Å². The molecule has 80 valence electrons. The summed E-state index contributed by atoms with van der Waals surface area (Å²) in [6.07, 6.45) is 6.00. The van der Waals surface area contributed by atoms with E-state index in [9.17, 15) is 4.79 Å². The van der Waals surface area contributed by atoms with Gasteiger partial charge in [0, 0.05) is 12.4 Å². The molecule has 5 nitrogen and oxygen atoms in total. The van der Waals surface area contributed by atoms with Crippen molar-refractivity contribution in [3.8, 4) is 0 Å². The molecule has 0 radical (unpaired) electrons. The molecule has 0 saturated heterocycles. The molecule has 14 heavy (non-hydrogen) atoms. The minimum absolute atomic E-state index is 0.0247. The number of nitrogens with two attached hydrogens (primary N) is 2. The monoisotopic (exact) mass is 198 g/mol. The number of rotatable bonds is 5. The van der Waals surface area contributed by atoms with Crippen molar-refractivity contribution in [3.63, 3.8) is 0 Å². The molecule has 0 fully saturated rings. The average Bonchev–Trinajstić information content (AvgIpc) is 2.69. The lowest BCUT2D eigenvalue weighted by Crippen LogP contribution is -2.41. The topological polar surface area (TPSA) is 84.4 Å². The van der Waals surface area contributed by atoms with Gasteiger partial charge in [-0.05, 0) is 19.4 Å². The third-order valence-corrected chi connectivity index (χ3v) is 2.20. The second-order valence-corrected chi connectivity index (χ2v) is 3.38. The molecular weight excluding hydrogens is 180 g/mol. The maximum Gasteiger partial charge on any atom is 0.244 e. The van der Waals surface area contributed by atoms with Crippen LogP contribution in [0.4, 0.5) is 0 Å². The molecular formula is C9H18N4O. The van der Waals surface area contributed by atoms with E-state index in [-0.39, 0.29) is 5.91 Å². The fraction of sp³-hybridized carbons (Fsp3) is 0.667. The molecule has 0 saturated carbocycles. The Balaban J connectivity index is 2.25. The van der Waals surface area contributed by atoms with Crippen LogP contribution in [0.2, 0.25) is 0 Å². The highest BCUT2D eigenvalue weighted by atomic mass is 16.2. The van der Waals surface area contributed by atoms with Gasteiger partial charge in [0.25, 0.3) is 0 Å². The van der Waals surface area contributed by atoms with Crippen molar-refractivity contribution in [1.82, 2.24) is 10.2 Å². The summed E-state index contributed by atoms with van der Waals surface area (Å²) in [7, 11) is 0. The van der Waals surface area contributed by atoms with Crippen molar-refractivity contribution in [2.24, 2.45) is 11.5 Å². The third-order valence-electron chi connectivity index (χ3n) is 2.20. The molecule has 0 aromatic rings. The van der Waals surface area contributed by atoms with Gasteiger partial charge < -0.3 is 16.8 Å². The van der Waals surface area contributed by atoms with E-state index in [1.807, 2.05) is 0 Å². The maximum atomic E-state index is 11.6. The number of unbranched alkanes of at least 4 members (excludes halogenated alkanes) is 1. The smallest absolute Gasteiger partial charge is 0.244 e. The van der Waals surface area contributed by atoms with Gasteiger partial charge in [0.1, 0.15) is 0 Å². The lowest BCUT2D eigenvalue weighted by Gasteiger charge is -2.17. The summed E-state index contributed by atoms with van der Waals surface area (Å²) in [5.41, 5.74) is 11.1. The molecule has 0 unspecified atom stereocenters. The Morgan fingerprint density at radius 3 is 2.93 bits per heavy atom. The Hall–Kier alpha value is -1.07. The molecule has 0 aliphatic carbocycles. The van der Waals surface area contributed by atoms with Gasteiger partial charge in [-0.25, -0.2) is 0 Å². The van der Waals surface area contributed by atoms with Crippen LogP contribution >= 0.6 is 0 Å². The van der Waals surface area contributed by atoms with E-state index in [2.05, 4.69) is 5.32 Å². The van der Waals surface area contributed by atoms with Gasteiger partial charge in [0.05, 0.1) is 12.7 Å². The molecule has 1 aliphatic heterocycles. The summed E-state index contributed by atoms with van der Waals surface area (Å²) in [5, 5.41) is 2.92. The minimum atomic E-state index is -0.397. The van der Waals surface area contributed by atoms with Crippen LogP contribution in [0.3, 0.4) is 0 Å². The molecule has 1 atom stereocenters. The molecule has 1 heterocycles. The van der Waals surface area contributed by atoms with Gasteiger partial charge in [-0.2, -0.15) is 0 Å². The Labute approximate surface area is 84.1 Å². The van der Waals surface area contributed by atoms with Gasteiger partial charge >= 0.3 is 0 Å². The predicted molar refractivity (Wildman–Crippen MR) is 54.9 cm³/mol. The predicted octanol–water partition coefficient (Wildman–Crippen LogP) is -0.697. The van der Waals surface area contributed by atoms with Crippen LogP contribution in [-0.4, -0.2) is 30.1 Å². The number of carbonyl (C=O) groups excluding carboxylic acids is 1. The number of nitrogens with zero attached hydrogens (tertiary/aromatic N) is 1. The largest absolute Gasteiger partial charge is 0.372 e. The molecule has 1 aliphatic rings. The fourth-order valence-electron chi connectivity index (χ4n) is 1.34. The summed E-state index contributed by atoms with van der Waals surface area (Å²) in [6.45, 7) is 1.19. The molecule has 5 N–H and O–H groups in total. The molecule has 0 aromatic carbocycles. The molecule has 0 aromatic heterocycles. The first kappa shape index (κ1) is 11.0. The van der Waals surface area contributed by atoms with Crippen LogP contribution in [0.5, 0.6) is 0 Å². The van der Waals surface area contributed by atoms with Gasteiger partial charge in [-0.1, -0.05) is 6.42 Å². The zero-order chi connectivity index (χ0) is 10.4. The van der Waals surface area contributed by atoms with Crippen LogP contribution in [0, 0.1) is 0 Å². The molecule has 5 heteroatoms. The third kappa shape index (κ3) is 3.01. The average molecular weight is 198 g/mol. The molecule has 1 amide bonds. The summed E-state index contributed by atoms with van der Waals surface area (Å²) >= 11 is 0. The quantitative estimate of drug-likeness (QED) is 0.510. The lowest BCUT2D eigenvalue weighted by atomic mass is 10.1. The van der Waals surface area contributed by atoms with Crippen molar-refractivity contribution in [1.29, 1.82) is 0 Å². The Morgan fingerprint density at radius 2 is 2.36 bits per heavy atom. The number of hydrogen-bond donors (Lipinski definition) is 3. The molecule has 0 bridgehead atoms. The fourth-order valence-corrected chi connectivity index (χ4v) is 1.34. The first-order valence-corrected chi connectivity index (χ1v) is 4.92. The second kappa shape index (κ2) is 5.62. The zero-order valence-electron chi connectivity index (χ0n) is 8.28. The number of hydrogen-bond acceptors (Lipinski definition) is 4. The SMILES string of the molecule is NCCCC[C@H](N)C(=O)N1C=CNC1. The van der Waals surface area contributed by atoms with Crippen LogP contribution in [-0.2, 0) is 4.79 Å². The Kier molecular flexibility index (Phi) is 4.42. The van der Waals surface area contributed by atoms with Gasteiger partial charge in [0.15, 0.2) is 0 Å². The molecule has 0 spiro atoms. The van der Waals surface area contributed by atoms with E-state index in [1.165, 1.54) is 0 Å². The van der Waals surface area contributed by atoms with Crippen molar-refractivity contribution in [2.75, 3.05) is 13.2 Å². The molecule has 1 rings (SSSR count). The summed E-state index contributed by atoms with van der Waals surface area (Å²) < 4.78 is 0. The van der Waals surface area contributed by atoms with E-state index in [0.29, 0.717) is 19.6 Å². The van der Waals surface area contributed by atoms with E-state index in [4.69, 9.17) is 11.5 Å². The number of nitrogens with one attached hydrogen (secondary N) is 1.